The standard InChI is InChI=1S/C32H43NO6/c1-30-11-5-12-32(30,36)25-9-8-20-18-26(23(29-38-16-17-39-29)19-31(20,2)24(25)10-13-30)37-15-14-33-27(34)21-6-3-4-7-22(21)28(33)35/h3-4,6-7,20,23-26,29,36H,5,8-19H2,1-2H3/t20-,23?,24+,25-,26-,30+,31+,32+/m1/s1. The van der Waals surface area contributed by atoms with Gasteiger partial charge >= 0.3 is 0 Å². The first-order chi connectivity index (χ1) is 18.8. The minimum Gasteiger partial charge on any atom is -0.389 e. The Morgan fingerprint density at radius 2 is 1.69 bits per heavy atom. The van der Waals surface area contributed by atoms with Gasteiger partial charge in [0.1, 0.15) is 0 Å². The van der Waals surface area contributed by atoms with Gasteiger partial charge in [-0.15, -0.1) is 0 Å². The molecule has 1 N–H and O–H groups in total. The lowest BCUT2D eigenvalue weighted by Gasteiger charge is -2.64. The molecule has 6 aliphatic rings. The lowest BCUT2D eigenvalue weighted by atomic mass is 9.43. The van der Waals surface area contributed by atoms with Gasteiger partial charge in [0.05, 0.1) is 49.2 Å². The largest absolute Gasteiger partial charge is 0.389 e. The van der Waals surface area contributed by atoms with Gasteiger partial charge in [0, 0.05) is 5.92 Å². The SMILES string of the molecule is C[C@]12CC(C3OCCO3)[C@H](OCCN3C(=O)c4ccccc4C3=O)C[C@H]1CC[C@@H]1[C@@H]2CC[C@]2(C)CCC[C@]12O. The lowest BCUT2D eigenvalue weighted by molar-refractivity contribution is -0.229. The van der Waals surface area contributed by atoms with E-state index in [0.717, 1.165) is 51.4 Å². The average molecular weight is 538 g/mol. The fourth-order valence-corrected chi connectivity index (χ4v) is 10.1. The van der Waals surface area contributed by atoms with Crippen LogP contribution in [0.5, 0.6) is 0 Å². The summed E-state index contributed by atoms with van der Waals surface area (Å²) in [6, 6.07) is 7.02. The lowest BCUT2D eigenvalue weighted by Crippen LogP contribution is -2.62. The molecule has 2 aliphatic heterocycles. The van der Waals surface area contributed by atoms with E-state index in [1.165, 1.54) is 11.3 Å². The predicted molar refractivity (Wildman–Crippen MR) is 144 cm³/mol. The van der Waals surface area contributed by atoms with Gasteiger partial charge in [0.15, 0.2) is 6.29 Å². The molecule has 212 valence electrons. The first-order valence-electron chi connectivity index (χ1n) is 15.3. The van der Waals surface area contributed by atoms with Crippen LogP contribution in [0.3, 0.4) is 0 Å². The van der Waals surface area contributed by atoms with Crippen LogP contribution < -0.4 is 0 Å². The van der Waals surface area contributed by atoms with Crippen molar-refractivity contribution in [2.24, 2.45) is 34.5 Å². The van der Waals surface area contributed by atoms with Crippen LogP contribution in [0.2, 0.25) is 0 Å². The number of carbonyl (C=O) groups excluding carboxylic acids is 2. The number of aliphatic hydroxyl groups is 1. The second kappa shape index (κ2) is 9.37. The highest BCUT2D eigenvalue weighted by atomic mass is 16.7. The minimum absolute atomic E-state index is 0.0404. The van der Waals surface area contributed by atoms with Gasteiger partial charge in [0.2, 0.25) is 0 Å². The van der Waals surface area contributed by atoms with Crippen LogP contribution in [0.4, 0.5) is 0 Å². The summed E-state index contributed by atoms with van der Waals surface area (Å²) in [7, 11) is 0. The molecule has 2 heterocycles. The summed E-state index contributed by atoms with van der Waals surface area (Å²) in [6.45, 7) is 6.59. The van der Waals surface area contributed by atoms with Gasteiger partial charge in [-0.2, -0.15) is 0 Å². The third-order valence-corrected chi connectivity index (χ3v) is 12.2. The predicted octanol–water partition coefficient (Wildman–Crippen LogP) is 4.81. The number of benzene rings is 1. The van der Waals surface area contributed by atoms with Gasteiger partial charge in [-0.05, 0) is 98.5 Å². The van der Waals surface area contributed by atoms with Crippen molar-refractivity contribution < 1.29 is 28.9 Å². The first kappa shape index (κ1) is 26.1. The molecule has 5 fully saturated rings. The van der Waals surface area contributed by atoms with Crippen molar-refractivity contribution in [3.8, 4) is 0 Å². The molecular weight excluding hydrogens is 494 g/mol. The van der Waals surface area contributed by atoms with Crippen molar-refractivity contribution in [1.29, 1.82) is 0 Å². The Morgan fingerprint density at radius 1 is 0.974 bits per heavy atom. The molecule has 7 nitrogen and oxygen atoms in total. The molecule has 0 bridgehead atoms. The molecule has 8 atom stereocenters. The molecule has 1 unspecified atom stereocenters. The zero-order valence-corrected chi connectivity index (χ0v) is 23.4. The zero-order chi connectivity index (χ0) is 27.0. The second-order valence-electron chi connectivity index (χ2n) is 13.8. The van der Waals surface area contributed by atoms with Crippen LogP contribution >= 0.6 is 0 Å². The highest BCUT2D eigenvalue weighted by Crippen LogP contribution is 2.68. The van der Waals surface area contributed by atoms with Crippen molar-refractivity contribution in [1.82, 2.24) is 4.90 Å². The van der Waals surface area contributed by atoms with Gasteiger partial charge in [-0.3, -0.25) is 14.5 Å². The van der Waals surface area contributed by atoms with Crippen molar-refractivity contribution in [2.75, 3.05) is 26.4 Å². The maximum absolute atomic E-state index is 12.8. The van der Waals surface area contributed by atoms with Crippen molar-refractivity contribution in [3.05, 3.63) is 35.4 Å². The van der Waals surface area contributed by atoms with Gasteiger partial charge in [-0.25, -0.2) is 0 Å². The highest BCUT2D eigenvalue weighted by Gasteiger charge is 2.65. The molecular formula is C32H43NO6. The third-order valence-electron chi connectivity index (χ3n) is 12.2. The number of fused-ring (bicyclic) bond motifs is 6. The van der Waals surface area contributed by atoms with E-state index in [9.17, 15) is 14.7 Å². The highest BCUT2D eigenvalue weighted by molar-refractivity contribution is 6.21. The fraction of sp³-hybridized carbons (Fsp3) is 0.750. The summed E-state index contributed by atoms with van der Waals surface area (Å²) >= 11 is 0. The summed E-state index contributed by atoms with van der Waals surface area (Å²) in [5.41, 5.74) is 0.611. The molecule has 1 saturated heterocycles. The Labute approximate surface area is 231 Å². The van der Waals surface area contributed by atoms with Crippen molar-refractivity contribution in [3.63, 3.8) is 0 Å². The molecule has 4 aliphatic carbocycles. The van der Waals surface area contributed by atoms with Crippen molar-refractivity contribution >= 4 is 11.8 Å². The number of ether oxygens (including phenoxy) is 3. The Hall–Kier alpha value is -1.80. The Bertz CT molecular complexity index is 1110. The molecule has 0 aromatic heterocycles. The number of hydrogen-bond donors (Lipinski definition) is 1. The Balaban J connectivity index is 1.08. The van der Waals surface area contributed by atoms with E-state index < -0.39 is 5.60 Å². The third kappa shape index (κ3) is 3.83. The molecule has 39 heavy (non-hydrogen) atoms. The van der Waals surface area contributed by atoms with Crippen LogP contribution in [-0.2, 0) is 14.2 Å². The summed E-state index contributed by atoms with van der Waals surface area (Å²) in [5.74, 6) is 1.04. The molecule has 0 radical (unpaired) electrons. The first-order valence-corrected chi connectivity index (χ1v) is 15.3. The van der Waals surface area contributed by atoms with Crippen LogP contribution in [0.1, 0.15) is 92.4 Å². The zero-order valence-electron chi connectivity index (χ0n) is 23.4. The van der Waals surface area contributed by atoms with Crippen LogP contribution in [0, 0.1) is 34.5 Å². The fourth-order valence-electron chi connectivity index (χ4n) is 10.1. The Morgan fingerprint density at radius 3 is 2.41 bits per heavy atom. The maximum Gasteiger partial charge on any atom is 0.261 e. The molecule has 1 aromatic carbocycles. The van der Waals surface area contributed by atoms with E-state index in [1.54, 1.807) is 24.3 Å². The average Bonchev–Trinajstić information content (AvgIpc) is 3.63. The Kier molecular flexibility index (Phi) is 6.27. The summed E-state index contributed by atoms with van der Waals surface area (Å²) in [4.78, 5) is 27.0. The normalized spacial score (nSPS) is 43.8. The van der Waals surface area contributed by atoms with E-state index in [0.29, 0.717) is 48.7 Å². The number of imide groups is 1. The maximum atomic E-state index is 12.8. The van der Waals surface area contributed by atoms with Crippen LogP contribution in [0.15, 0.2) is 24.3 Å². The summed E-state index contributed by atoms with van der Waals surface area (Å²) in [5, 5.41) is 12.1. The number of nitrogens with zero attached hydrogens (tertiary/aromatic N) is 1. The number of carbonyl (C=O) groups is 2. The number of amides is 2. The second-order valence-corrected chi connectivity index (χ2v) is 13.8. The van der Waals surface area contributed by atoms with Crippen LogP contribution in [0.25, 0.3) is 0 Å². The van der Waals surface area contributed by atoms with Gasteiger partial charge < -0.3 is 19.3 Å². The monoisotopic (exact) mass is 537 g/mol. The van der Waals surface area contributed by atoms with Gasteiger partial charge in [-0.1, -0.05) is 26.0 Å². The molecule has 7 rings (SSSR count). The van der Waals surface area contributed by atoms with E-state index in [2.05, 4.69) is 13.8 Å². The van der Waals surface area contributed by atoms with Gasteiger partial charge in [0.25, 0.3) is 11.8 Å². The van der Waals surface area contributed by atoms with Crippen LogP contribution in [-0.4, -0.2) is 66.2 Å². The molecule has 2 amide bonds. The quantitative estimate of drug-likeness (QED) is 0.543. The van der Waals surface area contributed by atoms with Crippen molar-refractivity contribution in [2.45, 2.75) is 89.6 Å². The minimum atomic E-state index is -0.528. The van der Waals surface area contributed by atoms with E-state index >= 15 is 0 Å². The molecule has 4 saturated carbocycles. The molecule has 1 aromatic rings. The number of rotatable bonds is 5. The summed E-state index contributed by atoms with van der Waals surface area (Å²) < 4.78 is 18.7. The smallest absolute Gasteiger partial charge is 0.261 e. The molecule has 0 spiro atoms. The molecule has 7 heteroatoms. The van der Waals surface area contributed by atoms with E-state index in [1.807, 2.05) is 0 Å². The van der Waals surface area contributed by atoms with E-state index in [4.69, 9.17) is 14.2 Å². The van der Waals surface area contributed by atoms with E-state index in [-0.39, 0.29) is 47.5 Å². The summed E-state index contributed by atoms with van der Waals surface area (Å²) in [6.07, 6.45) is 9.36. The topological polar surface area (TPSA) is 85.3 Å². The number of hydrogen-bond acceptors (Lipinski definition) is 6.